The smallest absolute Gasteiger partial charge is 0.143 e. The Bertz CT molecular complexity index is 483. The van der Waals surface area contributed by atoms with Gasteiger partial charge >= 0.3 is 0 Å². The number of ether oxygens (including phenoxy) is 1. The zero-order chi connectivity index (χ0) is 15.0. The third-order valence-electron chi connectivity index (χ3n) is 3.08. The number of carbonyl (C=O) groups is 1. The number of aldehydes is 1. The van der Waals surface area contributed by atoms with E-state index in [4.69, 9.17) is 17.0 Å². The van der Waals surface area contributed by atoms with Crippen LogP contribution < -0.4 is 5.32 Å². The first-order valence-electron chi connectivity index (χ1n) is 6.43. The molecule has 0 saturated heterocycles. The lowest BCUT2D eigenvalue weighted by Gasteiger charge is -2.19. The van der Waals surface area contributed by atoms with E-state index < -0.39 is 0 Å². The first-order valence-corrected chi connectivity index (χ1v) is 6.83. The zero-order valence-corrected chi connectivity index (χ0v) is 12.9. The van der Waals surface area contributed by atoms with Crippen LogP contribution in [0.25, 0.3) is 5.57 Å². The maximum Gasteiger partial charge on any atom is 0.143 e. The van der Waals surface area contributed by atoms with Crippen LogP contribution in [0.5, 0.6) is 0 Å². The van der Waals surface area contributed by atoms with Gasteiger partial charge in [-0.3, -0.25) is 4.79 Å². The van der Waals surface area contributed by atoms with Gasteiger partial charge in [-0.1, -0.05) is 12.2 Å². The van der Waals surface area contributed by atoms with E-state index in [2.05, 4.69) is 10.3 Å². The fourth-order valence-electron chi connectivity index (χ4n) is 2.01. The SMILES string of the molecule is CNc1ccc(/C(=C/C=O)C(CCOC)C(C)=S)cn1. The molecule has 1 rings (SSSR count). The highest BCUT2D eigenvalue weighted by atomic mass is 32.1. The molecule has 4 nitrogen and oxygen atoms in total. The summed E-state index contributed by atoms with van der Waals surface area (Å²) in [5.74, 6) is 0.795. The maximum absolute atomic E-state index is 10.9. The van der Waals surface area contributed by atoms with E-state index in [-0.39, 0.29) is 5.92 Å². The zero-order valence-electron chi connectivity index (χ0n) is 12.1. The van der Waals surface area contributed by atoms with Gasteiger partial charge in [0.1, 0.15) is 12.1 Å². The van der Waals surface area contributed by atoms with Gasteiger partial charge < -0.3 is 10.1 Å². The van der Waals surface area contributed by atoms with Gasteiger partial charge in [-0.05, 0) is 47.6 Å². The third kappa shape index (κ3) is 4.51. The van der Waals surface area contributed by atoms with Crippen LogP contribution in [-0.4, -0.2) is 36.9 Å². The van der Waals surface area contributed by atoms with E-state index in [0.717, 1.165) is 34.5 Å². The molecule has 5 heteroatoms. The number of hydrogen-bond donors (Lipinski definition) is 1. The van der Waals surface area contributed by atoms with E-state index in [1.807, 2.05) is 26.1 Å². The second-order valence-corrected chi connectivity index (χ2v) is 5.03. The summed E-state index contributed by atoms with van der Waals surface area (Å²) >= 11 is 5.32. The molecule has 0 saturated carbocycles. The van der Waals surface area contributed by atoms with Crippen LogP contribution in [0, 0.1) is 5.92 Å². The number of aromatic nitrogens is 1. The summed E-state index contributed by atoms with van der Waals surface area (Å²) in [7, 11) is 3.47. The summed E-state index contributed by atoms with van der Waals surface area (Å²) in [5, 5.41) is 2.97. The normalized spacial score (nSPS) is 12.8. The van der Waals surface area contributed by atoms with Crippen LogP contribution in [0.3, 0.4) is 0 Å². The van der Waals surface area contributed by atoms with Gasteiger partial charge in [0.2, 0.25) is 0 Å². The number of methoxy groups -OCH3 is 1. The van der Waals surface area contributed by atoms with Crippen molar-refractivity contribution in [3.05, 3.63) is 30.0 Å². The van der Waals surface area contributed by atoms with Crippen molar-refractivity contribution in [1.82, 2.24) is 4.98 Å². The number of rotatable bonds is 8. The van der Waals surface area contributed by atoms with Crippen molar-refractivity contribution in [1.29, 1.82) is 0 Å². The number of pyridine rings is 1. The Kier molecular flexibility index (Phi) is 7.04. The van der Waals surface area contributed by atoms with Crippen LogP contribution in [0.1, 0.15) is 18.9 Å². The molecule has 0 spiro atoms. The molecule has 0 aliphatic heterocycles. The summed E-state index contributed by atoms with van der Waals surface area (Å²) in [6.45, 7) is 2.49. The van der Waals surface area contributed by atoms with Gasteiger partial charge in [0.15, 0.2) is 0 Å². The minimum Gasteiger partial charge on any atom is -0.385 e. The molecule has 1 unspecified atom stereocenters. The van der Waals surface area contributed by atoms with Crippen LogP contribution in [-0.2, 0) is 9.53 Å². The molecule has 0 amide bonds. The lowest BCUT2D eigenvalue weighted by atomic mass is 9.88. The lowest BCUT2D eigenvalue weighted by Crippen LogP contribution is -2.14. The van der Waals surface area contributed by atoms with Gasteiger partial charge in [0.25, 0.3) is 0 Å². The molecule has 0 aromatic carbocycles. The highest BCUT2D eigenvalue weighted by molar-refractivity contribution is 7.80. The van der Waals surface area contributed by atoms with Crippen LogP contribution in [0.4, 0.5) is 5.82 Å². The van der Waals surface area contributed by atoms with Gasteiger partial charge in [-0.2, -0.15) is 0 Å². The highest BCUT2D eigenvalue weighted by Gasteiger charge is 2.18. The first kappa shape index (κ1) is 16.5. The molecule has 1 heterocycles. The van der Waals surface area contributed by atoms with Crippen molar-refractivity contribution < 1.29 is 9.53 Å². The van der Waals surface area contributed by atoms with Gasteiger partial charge in [0, 0.05) is 32.9 Å². The Labute approximate surface area is 125 Å². The van der Waals surface area contributed by atoms with Crippen LogP contribution in [0.2, 0.25) is 0 Å². The largest absolute Gasteiger partial charge is 0.385 e. The Balaban J connectivity index is 3.09. The first-order chi connectivity index (χ1) is 9.63. The van der Waals surface area contributed by atoms with Crippen LogP contribution in [0.15, 0.2) is 24.4 Å². The number of carbonyl (C=O) groups excluding carboxylic acids is 1. The van der Waals surface area contributed by atoms with E-state index in [0.29, 0.717) is 6.61 Å². The fraction of sp³-hybridized carbons (Fsp3) is 0.400. The van der Waals surface area contributed by atoms with E-state index in [1.165, 1.54) is 0 Å². The Morgan fingerprint density at radius 3 is 2.75 bits per heavy atom. The average Bonchev–Trinajstić information content (AvgIpc) is 2.46. The van der Waals surface area contributed by atoms with Gasteiger partial charge in [-0.15, -0.1) is 0 Å². The number of thiocarbonyl (C=S) groups is 1. The van der Waals surface area contributed by atoms with Crippen LogP contribution >= 0.6 is 12.2 Å². The predicted molar refractivity (Wildman–Crippen MR) is 86.1 cm³/mol. The van der Waals surface area contributed by atoms with E-state index in [9.17, 15) is 4.79 Å². The third-order valence-corrected chi connectivity index (χ3v) is 3.36. The molecule has 0 aliphatic carbocycles. The highest BCUT2D eigenvalue weighted by Crippen LogP contribution is 2.27. The predicted octanol–water partition coefficient (Wildman–Crippen LogP) is 2.75. The monoisotopic (exact) mass is 292 g/mol. The molecular formula is C15H20N2O2S. The molecule has 0 radical (unpaired) electrons. The minimum absolute atomic E-state index is 0.0115. The fourth-order valence-corrected chi connectivity index (χ4v) is 2.26. The van der Waals surface area contributed by atoms with Gasteiger partial charge in [-0.25, -0.2) is 4.98 Å². The second-order valence-electron chi connectivity index (χ2n) is 4.38. The number of nitrogens with zero attached hydrogens (tertiary/aromatic N) is 1. The number of anilines is 1. The summed E-state index contributed by atoms with van der Waals surface area (Å²) in [4.78, 5) is 16.0. The molecule has 0 fully saturated rings. The Morgan fingerprint density at radius 2 is 2.30 bits per heavy atom. The van der Waals surface area contributed by atoms with Crippen molar-refractivity contribution in [3.8, 4) is 0 Å². The molecule has 1 N–H and O–H groups in total. The number of nitrogens with one attached hydrogen (secondary N) is 1. The maximum atomic E-state index is 10.9. The van der Waals surface area contributed by atoms with E-state index in [1.54, 1.807) is 19.4 Å². The average molecular weight is 292 g/mol. The topological polar surface area (TPSA) is 51.2 Å². The molecule has 0 aliphatic rings. The summed E-state index contributed by atoms with van der Waals surface area (Å²) < 4.78 is 5.12. The van der Waals surface area contributed by atoms with Crippen molar-refractivity contribution in [2.75, 3.05) is 26.1 Å². The quantitative estimate of drug-likeness (QED) is 0.453. The summed E-state index contributed by atoms with van der Waals surface area (Å²) in [6, 6.07) is 3.81. The van der Waals surface area contributed by atoms with E-state index >= 15 is 0 Å². The molecule has 108 valence electrons. The summed E-state index contributed by atoms with van der Waals surface area (Å²) in [5.41, 5.74) is 1.79. The van der Waals surface area contributed by atoms with Crippen molar-refractivity contribution in [2.45, 2.75) is 13.3 Å². The Morgan fingerprint density at radius 1 is 1.55 bits per heavy atom. The summed E-state index contributed by atoms with van der Waals surface area (Å²) in [6.07, 6.45) is 4.85. The van der Waals surface area contributed by atoms with Crippen molar-refractivity contribution in [2.24, 2.45) is 5.92 Å². The molecule has 0 bridgehead atoms. The molecule has 1 aromatic heterocycles. The molecular weight excluding hydrogens is 272 g/mol. The lowest BCUT2D eigenvalue weighted by molar-refractivity contribution is -0.104. The van der Waals surface area contributed by atoms with Crippen molar-refractivity contribution in [3.63, 3.8) is 0 Å². The van der Waals surface area contributed by atoms with Gasteiger partial charge in [0.05, 0.1) is 0 Å². The molecule has 20 heavy (non-hydrogen) atoms. The number of hydrogen-bond acceptors (Lipinski definition) is 5. The minimum atomic E-state index is 0.0115. The Hall–Kier alpha value is -1.59. The standard InChI is InChI=1S/C15H20N2O2S/c1-11(20)13(7-9-19-3)14(6-8-18)12-4-5-15(16-2)17-10-12/h4-6,8,10,13H,7,9H2,1-3H3,(H,16,17)/b14-6-. The second kappa shape index (κ2) is 8.55. The number of allylic oxidation sites excluding steroid dienone is 2. The molecule has 1 atom stereocenters. The molecule has 1 aromatic rings. The van der Waals surface area contributed by atoms with Crippen molar-refractivity contribution >= 4 is 34.8 Å².